The van der Waals surface area contributed by atoms with Crippen molar-refractivity contribution in [2.24, 2.45) is 0 Å². The maximum atomic E-state index is 10.5. The van der Waals surface area contributed by atoms with Crippen LogP contribution in [-0.4, -0.2) is 20.9 Å². The maximum Gasteiger partial charge on any atom is 0.335 e. The van der Waals surface area contributed by atoms with Crippen molar-refractivity contribution in [3.63, 3.8) is 0 Å². The van der Waals surface area contributed by atoms with Gasteiger partial charge in [-0.05, 0) is 43.5 Å². The molecule has 8 nitrogen and oxygen atoms in total. The zero-order valence-electron chi connectivity index (χ0n) is 13.3. The topological polar surface area (TPSA) is 124 Å². The molecule has 0 radical (unpaired) electrons. The molecule has 0 heterocycles. The summed E-state index contributed by atoms with van der Waals surface area (Å²) in [6.45, 7) is 5.30. The average Bonchev–Trinajstić information content (AvgIpc) is 2.46. The lowest BCUT2D eigenvalue weighted by molar-refractivity contribution is -0.385. The third-order valence-corrected chi connectivity index (χ3v) is 2.94. The number of nitrogens with zero attached hydrogens (tertiary/aromatic N) is 2. The number of carboxylic acids is 1. The summed E-state index contributed by atoms with van der Waals surface area (Å²) in [7, 11) is 0. The van der Waals surface area contributed by atoms with Crippen LogP contribution in [0.2, 0.25) is 0 Å². The molecule has 0 aliphatic rings. The number of benzene rings is 2. The van der Waals surface area contributed by atoms with E-state index in [1.807, 2.05) is 19.9 Å². The molecule has 24 heavy (non-hydrogen) atoms. The van der Waals surface area contributed by atoms with E-state index in [4.69, 9.17) is 5.11 Å². The molecule has 126 valence electrons. The Morgan fingerprint density at radius 1 is 0.792 bits per heavy atom. The summed E-state index contributed by atoms with van der Waals surface area (Å²) in [5.41, 5.74) is 2.33. The van der Waals surface area contributed by atoms with Crippen molar-refractivity contribution in [2.45, 2.75) is 20.8 Å². The quantitative estimate of drug-likeness (QED) is 0.673. The third-order valence-electron chi connectivity index (χ3n) is 2.94. The van der Waals surface area contributed by atoms with Crippen molar-refractivity contribution in [2.75, 3.05) is 0 Å². The molecule has 1 N–H and O–H groups in total. The lowest BCUT2D eigenvalue weighted by Crippen LogP contribution is -1.98. The second-order valence-corrected chi connectivity index (χ2v) is 5.22. The Hall–Kier alpha value is -3.29. The molecule has 2 rings (SSSR count). The minimum absolute atomic E-state index is 0.0632. The van der Waals surface area contributed by atoms with Crippen LogP contribution in [0.5, 0.6) is 0 Å². The molecule has 0 saturated carbocycles. The predicted molar refractivity (Wildman–Crippen MR) is 87.4 cm³/mol. The van der Waals surface area contributed by atoms with Gasteiger partial charge in [-0.15, -0.1) is 0 Å². The van der Waals surface area contributed by atoms with Crippen LogP contribution in [0.25, 0.3) is 0 Å². The summed E-state index contributed by atoms with van der Waals surface area (Å²) in [6.07, 6.45) is 0. The van der Waals surface area contributed by atoms with Crippen molar-refractivity contribution in [1.82, 2.24) is 0 Å². The van der Waals surface area contributed by atoms with Gasteiger partial charge in [-0.25, -0.2) is 4.79 Å². The fourth-order valence-corrected chi connectivity index (χ4v) is 2.05. The molecule has 0 fully saturated rings. The Labute approximate surface area is 137 Å². The highest BCUT2D eigenvalue weighted by molar-refractivity contribution is 5.88. The molecule has 2 aromatic rings. The Morgan fingerprint density at radius 2 is 1.17 bits per heavy atom. The van der Waals surface area contributed by atoms with Crippen LogP contribution in [0.1, 0.15) is 27.0 Å². The lowest BCUT2D eigenvalue weighted by atomic mass is 10.1. The van der Waals surface area contributed by atoms with Crippen molar-refractivity contribution in [3.8, 4) is 0 Å². The summed E-state index contributed by atoms with van der Waals surface area (Å²) >= 11 is 0. The lowest BCUT2D eigenvalue weighted by Gasteiger charge is -1.97. The highest BCUT2D eigenvalue weighted by atomic mass is 16.6. The maximum absolute atomic E-state index is 10.5. The monoisotopic (exact) mass is 332 g/mol. The van der Waals surface area contributed by atoms with E-state index in [0.717, 1.165) is 17.2 Å². The Bertz CT molecular complexity index is 749. The number of nitro benzene ring substituents is 2. The fraction of sp³-hybridized carbons (Fsp3) is 0.188. The zero-order chi connectivity index (χ0) is 18.4. The number of rotatable bonds is 3. The molecule has 0 saturated heterocycles. The summed E-state index contributed by atoms with van der Waals surface area (Å²) < 4.78 is 0. The minimum atomic E-state index is -1.16. The van der Waals surface area contributed by atoms with E-state index in [0.29, 0.717) is 5.56 Å². The van der Waals surface area contributed by atoms with Crippen LogP contribution in [0.3, 0.4) is 0 Å². The molecule has 0 atom stereocenters. The van der Waals surface area contributed by atoms with Crippen molar-refractivity contribution in [3.05, 3.63) is 78.9 Å². The molecule has 0 spiro atoms. The number of carboxylic acid groups (broad SMARTS) is 1. The molecule has 0 unspecified atom stereocenters. The average molecular weight is 332 g/mol. The molecule has 8 heteroatoms. The van der Waals surface area contributed by atoms with Gasteiger partial charge in [-0.1, -0.05) is 6.07 Å². The van der Waals surface area contributed by atoms with E-state index < -0.39 is 10.9 Å². The van der Waals surface area contributed by atoms with Crippen LogP contribution >= 0.6 is 0 Å². The number of hydrogen-bond donors (Lipinski definition) is 1. The van der Waals surface area contributed by atoms with E-state index in [-0.39, 0.29) is 21.9 Å². The molecular formula is C16H16N2O6. The first kappa shape index (κ1) is 18.8. The van der Waals surface area contributed by atoms with Gasteiger partial charge in [0.25, 0.3) is 11.4 Å². The van der Waals surface area contributed by atoms with Crippen molar-refractivity contribution in [1.29, 1.82) is 0 Å². The number of hydrogen-bond acceptors (Lipinski definition) is 5. The highest BCUT2D eigenvalue weighted by Crippen LogP contribution is 2.16. The van der Waals surface area contributed by atoms with E-state index in [1.165, 1.54) is 12.1 Å². The molecule has 2 aromatic carbocycles. The SMILES string of the molecule is Cc1cc(C(=O)O)cc([N+](=O)[O-])c1.Cc1cc(C)cc([N+](=O)[O-])c1. The third kappa shape index (κ3) is 5.48. The van der Waals surface area contributed by atoms with Crippen molar-refractivity contribution >= 4 is 17.3 Å². The first-order chi connectivity index (χ1) is 11.1. The Balaban J connectivity index is 0.000000243. The second kappa shape index (κ2) is 7.82. The van der Waals surface area contributed by atoms with E-state index in [1.54, 1.807) is 19.1 Å². The van der Waals surface area contributed by atoms with E-state index in [9.17, 15) is 25.0 Å². The van der Waals surface area contributed by atoms with Gasteiger partial charge < -0.3 is 5.11 Å². The zero-order valence-corrected chi connectivity index (χ0v) is 13.3. The van der Waals surface area contributed by atoms with Gasteiger partial charge in [0, 0.05) is 24.3 Å². The first-order valence-electron chi connectivity index (χ1n) is 6.82. The fourth-order valence-electron chi connectivity index (χ4n) is 2.05. The standard InChI is InChI=1S/C8H7NO4.C8H9NO2/c1-5-2-6(8(10)11)4-7(3-5)9(12)13;1-6-3-7(2)5-8(4-6)9(10)11/h2-4H,1H3,(H,10,11);3-5H,1-2H3. The van der Waals surface area contributed by atoms with Gasteiger partial charge in [0.15, 0.2) is 0 Å². The van der Waals surface area contributed by atoms with Crippen molar-refractivity contribution < 1.29 is 19.7 Å². The van der Waals surface area contributed by atoms with Crippen LogP contribution in [-0.2, 0) is 0 Å². The molecular weight excluding hydrogens is 316 g/mol. The largest absolute Gasteiger partial charge is 0.478 e. The molecule has 0 aliphatic carbocycles. The van der Waals surface area contributed by atoms with Gasteiger partial charge in [-0.2, -0.15) is 0 Å². The van der Waals surface area contributed by atoms with Gasteiger partial charge in [0.1, 0.15) is 0 Å². The number of aryl methyl sites for hydroxylation is 3. The minimum Gasteiger partial charge on any atom is -0.478 e. The van der Waals surface area contributed by atoms with Crippen LogP contribution in [0.15, 0.2) is 36.4 Å². The van der Waals surface area contributed by atoms with Gasteiger partial charge in [0.2, 0.25) is 0 Å². The molecule has 0 aromatic heterocycles. The Kier molecular flexibility index (Phi) is 6.11. The molecule has 0 amide bonds. The van der Waals surface area contributed by atoms with E-state index in [2.05, 4.69) is 0 Å². The summed E-state index contributed by atoms with van der Waals surface area (Å²) in [4.78, 5) is 30.2. The Morgan fingerprint density at radius 3 is 1.54 bits per heavy atom. The van der Waals surface area contributed by atoms with E-state index >= 15 is 0 Å². The van der Waals surface area contributed by atoms with Gasteiger partial charge >= 0.3 is 5.97 Å². The number of non-ortho nitro benzene ring substituents is 2. The number of nitro groups is 2. The summed E-state index contributed by atoms with van der Waals surface area (Å²) in [6, 6.07) is 8.78. The summed E-state index contributed by atoms with van der Waals surface area (Å²) in [5.74, 6) is -1.16. The van der Waals surface area contributed by atoms with Gasteiger partial charge in [-0.3, -0.25) is 20.2 Å². The summed E-state index contributed by atoms with van der Waals surface area (Å²) in [5, 5.41) is 29.2. The number of carbonyl (C=O) groups is 1. The smallest absolute Gasteiger partial charge is 0.335 e. The number of aromatic carboxylic acids is 1. The highest BCUT2D eigenvalue weighted by Gasteiger charge is 2.11. The van der Waals surface area contributed by atoms with Crippen LogP contribution in [0, 0.1) is 41.0 Å². The predicted octanol–water partition coefficient (Wildman–Crippen LogP) is 3.81. The normalized spacial score (nSPS) is 9.62. The van der Waals surface area contributed by atoms with Gasteiger partial charge in [0.05, 0.1) is 15.4 Å². The first-order valence-corrected chi connectivity index (χ1v) is 6.82. The van der Waals surface area contributed by atoms with Crippen LogP contribution in [0.4, 0.5) is 11.4 Å². The molecule has 0 bridgehead atoms. The second-order valence-electron chi connectivity index (χ2n) is 5.22. The van der Waals surface area contributed by atoms with Crippen LogP contribution < -0.4 is 0 Å². The molecule has 0 aliphatic heterocycles.